The molecule has 0 fully saturated rings. The van der Waals surface area contributed by atoms with Gasteiger partial charge in [0.2, 0.25) is 0 Å². The van der Waals surface area contributed by atoms with Crippen molar-refractivity contribution < 1.29 is 9.53 Å². The number of hydrogen-bond acceptors (Lipinski definition) is 5. The van der Waals surface area contributed by atoms with Crippen molar-refractivity contribution in [3.63, 3.8) is 0 Å². The van der Waals surface area contributed by atoms with Crippen LogP contribution in [-0.2, 0) is 17.7 Å². The summed E-state index contributed by atoms with van der Waals surface area (Å²) in [6.45, 7) is 4.30. The van der Waals surface area contributed by atoms with Gasteiger partial charge in [-0.15, -0.1) is 0 Å². The number of aromatic amines is 1. The van der Waals surface area contributed by atoms with E-state index < -0.39 is 0 Å². The fourth-order valence-corrected chi connectivity index (χ4v) is 2.54. The molecule has 2 aromatic heterocycles. The molecular weight excluding hydrogens is 270 g/mol. The molecule has 110 valence electrons. The van der Waals surface area contributed by atoms with Crippen LogP contribution >= 0.6 is 0 Å². The first-order chi connectivity index (χ1) is 10.1. The first-order valence-corrected chi connectivity index (χ1v) is 6.91. The lowest BCUT2D eigenvalue weighted by molar-refractivity contribution is -0.00697. The quantitative estimate of drug-likeness (QED) is 0.883. The van der Waals surface area contributed by atoms with E-state index in [4.69, 9.17) is 4.74 Å². The molecule has 3 rings (SSSR count). The highest BCUT2D eigenvalue weighted by molar-refractivity contribution is 5.94. The van der Waals surface area contributed by atoms with E-state index in [0.29, 0.717) is 18.7 Å². The Labute approximate surface area is 122 Å². The summed E-state index contributed by atoms with van der Waals surface area (Å²) in [6, 6.07) is 1.76. The van der Waals surface area contributed by atoms with Crippen LogP contribution in [0.1, 0.15) is 47.4 Å². The Morgan fingerprint density at radius 3 is 3.14 bits per heavy atom. The molecule has 1 aliphatic heterocycles. The number of nitrogens with zero attached hydrogens (tertiary/aromatic N) is 3. The summed E-state index contributed by atoms with van der Waals surface area (Å²) in [5.74, 6) is -0.201. The lowest BCUT2D eigenvalue weighted by Gasteiger charge is -2.25. The van der Waals surface area contributed by atoms with Crippen LogP contribution in [0.5, 0.6) is 0 Å². The molecular formula is C14H17N5O2. The molecule has 2 aromatic rings. The maximum atomic E-state index is 12.3. The number of fused-ring (bicyclic) bond motifs is 1. The van der Waals surface area contributed by atoms with Gasteiger partial charge < -0.3 is 10.1 Å². The molecule has 0 radical (unpaired) electrons. The largest absolute Gasteiger partial charge is 0.369 e. The van der Waals surface area contributed by atoms with Crippen molar-refractivity contribution in [1.29, 1.82) is 0 Å². The Morgan fingerprint density at radius 1 is 1.52 bits per heavy atom. The van der Waals surface area contributed by atoms with Crippen molar-refractivity contribution >= 4 is 5.91 Å². The van der Waals surface area contributed by atoms with Gasteiger partial charge in [0, 0.05) is 18.2 Å². The number of H-pyrrole nitrogens is 1. The zero-order valence-corrected chi connectivity index (χ0v) is 12.0. The van der Waals surface area contributed by atoms with Crippen molar-refractivity contribution in [2.24, 2.45) is 0 Å². The van der Waals surface area contributed by atoms with Crippen LogP contribution in [-0.4, -0.2) is 32.2 Å². The number of carbonyl (C=O) groups is 1. The summed E-state index contributed by atoms with van der Waals surface area (Å²) in [4.78, 5) is 20.2. The number of amides is 1. The first kappa shape index (κ1) is 13.7. The zero-order valence-electron chi connectivity index (χ0n) is 12.0. The molecule has 0 aromatic carbocycles. The highest BCUT2D eigenvalue weighted by atomic mass is 16.5. The predicted molar refractivity (Wildman–Crippen MR) is 74.5 cm³/mol. The molecule has 2 N–H and O–H groups in total. The van der Waals surface area contributed by atoms with Crippen LogP contribution in [0.2, 0.25) is 0 Å². The monoisotopic (exact) mass is 287 g/mol. The maximum absolute atomic E-state index is 12.3. The van der Waals surface area contributed by atoms with Gasteiger partial charge in [-0.1, -0.05) is 0 Å². The predicted octanol–water partition coefficient (Wildman–Crippen LogP) is 1.15. The summed E-state index contributed by atoms with van der Waals surface area (Å²) >= 11 is 0. The molecule has 3 heterocycles. The molecule has 1 amide bonds. The maximum Gasteiger partial charge on any atom is 0.272 e. The Balaban J connectivity index is 1.74. The molecule has 0 aliphatic carbocycles. The third kappa shape index (κ3) is 2.78. The van der Waals surface area contributed by atoms with Gasteiger partial charge in [-0.3, -0.25) is 9.89 Å². The Hall–Kier alpha value is -2.28. The average molecular weight is 287 g/mol. The van der Waals surface area contributed by atoms with Crippen LogP contribution < -0.4 is 5.32 Å². The summed E-state index contributed by atoms with van der Waals surface area (Å²) in [5.41, 5.74) is 3.04. The van der Waals surface area contributed by atoms with Crippen LogP contribution in [0.15, 0.2) is 18.6 Å². The number of carbonyl (C=O) groups excluding carboxylic acids is 1. The second kappa shape index (κ2) is 5.61. The third-order valence-corrected chi connectivity index (χ3v) is 3.52. The lowest BCUT2D eigenvalue weighted by atomic mass is 9.99. The highest BCUT2D eigenvalue weighted by Crippen LogP contribution is 2.29. The van der Waals surface area contributed by atoms with Crippen molar-refractivity contribution in [2.75, 3.05) is 0 Å². The highest BCUT2D eigenvalue weighted by Gasteiger charge is 2.29. The molecule has 0 saturated carbocycles. The summed E-state index contributed by atoms with van der Waals surface area (Å²) in [5, 5.41) is 9.89. The first-order valence-electron chi connectivity index (χ1n) is 6.91. The number of nitrogens with one attached hydrogen (secondary N) is 2. The molecule has 0 saturated heterocycles. The van der Waals surface area contributed by atoms with Crippen molar-refractivity contribution in [3.8, 4) is 0 Å². The second-order valence-electron chi connectivity index (χ2n) is 5.14. The molecule has 1 aliphatic rings. The summed E-state index contributed by atoms with van der Waals surface area (Å²) < 4.78 is 5.72. The van der Waals surface area contributed by atoms with Crippen molar-refractivity contribution in [1.82, 2.24) is 25.5 Å². The van der Waals surface area contributed by atoms with Crippen molar-refractivity contribution in [3.05, 3.63) is 41.2 Å². The van der Waals surface area contributed by atoms with Gasteiger partial charge in [0.25, 0.3) is 5.91 Å². The van der Waals surface area contributed by atoms with Gasteiger partial charge in [-0.05, 0) is 19.9 Å². The van der Waals surface area contributed by atoms with E-state index >= 15 is 0 Å². The number of ether oxygens (including phenoxy) is 1. The van der Waals surface area contributed by atoms with E-state index in [1.165, 1.54) is 6.33 Å². The zero-order chi connectivity index (χ0) is 14.8. The van der Waals surface area contributed by atoms with Gasteiger partial charge in [0.1, 0.15) is 6.33 Å². The molecule has 0 unspecified atom stereocenters. The van der Waals surface area contributed by atoms with E-state index in [0.717, 1.165) is 17.0 Å². The van der Waals surface area contributed by atoms with E-state index in [9.17, 15) is 4.79 Å². The van der Waals surface area contributed by atoms with Crippen LogP contribution in [0, 0.1) is 0 Å². The Kier molecular flexibility index (Phi) is 3.66. The van der Waals surface area contributed by atoms with E-state index in [2.05, 4.69) is 25.5 Å². The normalized spacial score (nSPS) is 20.9. The average Bonchev–Trinajstić information content (AvgIpc) is 2.90. The number of hydrogen-bond donors (Lipinski definition) is 2. The van der Waals surface area contributed by atoms with Gasteiger partial charge in [-0.25, -0.2) is 9.97 Å². The summed E-state index contributed by atoms with van der Waals surface area (Å²) in [6.07, 6.45) is 3.80. The molecule has 0 bridgehead atoms. The SMILES string of the molecule is C[C@@H]1Cc2c(C(=O)NCc3ccncn3)n[nH]c2[C@H](C)O1. The molecule has 21 heavy (non-hydrogen) atoms. The topological polar surface area (TPSA) is 92.8 Å². The molecule has 0 spiro atoms. The van der Waals surface area contributed by atoms with E-state index in [-0.39, 0.29) is 18.1 Å². The number of rotatable bonds is 3. The van der Waals surface area contributed by atoms with Gasteiger partial charge in [-0.2, -0.15) is 5.10 Å². The number of aromatic nitrogens is 4. The van der Waals surface area contributed by atoms with Crippen molar-refractivity contribution in [2.45, 2.75) is 39.0 Å². The smallest absolute Gasteiger partial charge is 0.272 e. The minimum absolute atomic E-state index is 0.0698. The van der Waals surface area contributed by atoms with Crippen LogP contribution in [0.4, 0.5) is 0 Å². The Morgan fingerprint density at radius 2 is 2.38 bits per heavy atom. The summed E-state index contributed by atoms with van der Waals surface area (Å²) in [7, 11) is 0. The van der Waals surface area contributed by atoms with Gasteiger partial charge in [0.15, 0.2) is 5.69 Å². The van der Waals surface area contributed by atoms with E-state index in [1.807, 2.05) is 13.8 Å². The lowest BCUT2D eigenvalue weighted by Crippen LogP contribution is -2.27. The Bertz CT molecular complexity index is 640. The van der Waals surface area contributed by atoms with Gasteiger partial charge in [0.05, 0.1) is 30.1 Å². The van der Waals surface area contributed by atoms with Crippen LogP contribution in [0.3, 0.4) is 0 Å². The molecule has 2 atom stereocenters. The molecule has 7 heteroatoms. The fourth-order valence-electron chi connectivity index (χ4n) is 2.54. The molecule has 7 nitrogen and oxygen atoms in total. The second-order valence-corrected chi connectivity index (χ2v) is 5.14. The minimum Gasteiger partial charge on any atom is -0.369 e. The minimum atomic E-state index is -0.201. The van der Waals surface area contributed by atoms with Gasteiger partial charge >= 0.3 is 0 Å². The fraction of sp³-hybridized carbons (Fsp3) is 0.429. The standard InChI is InChI=1S/C14H17N5O2/c1-8-5-11-12(9(2)21-8)18-19-13(11)14(20)16-6-10-3-4-15-7-17-10/h3-4,7-9H,5-6H2,1-2H3,(H,16,20)(H,18,19)/t8-,9+/m1/s1. The van der Waals surface area contributed by atoms with Crippen LogP contribution in [0.25, 0.3) is 0 Å². The third-order valence-electron chi connectivity index (χ3n) is 3.52. The van der Waals surface area contributed by atoms with E-state index in [1.54, 1.807) is 12.3 Å².